The van der Waals surface area contributed by atoms with E-state index < -0.39 is 17.9 Å². The van der Waals surface area contributed by atoms with Gasteiger partial charge in [-0.25, -0.2) is 9.18 Å². The van der Waals surface area contributed by atoms with Crippen LogP contribution in [0.15, 0.2) is 47.5 Å². The van der Waals surface area contributed by atoms with Crippen molar-refractivity contribution in [2.75, 3.05) is 25.1 Å². The fraction of sp³-hybridized carbons (Fsp3) is 0.227. The Morgan fingerprint density at radius 2 is 2.13 bits per heavy atom. The number of carbonyl (C=O) groups is 1. The number of benzene rings is 2. The lowest BCUT2D eigenvalue weighted by Gasteiger charge is -2.30. The average Bonchev–Trinajstić information content (AvgIpc) is 2.77. The number of amides is 1. The maximum atomic E-state index is 15.2. The molecule has 0 spiro atoms. The molecule has 4 N–H and O–H groups in total. The van der Waals surface area contributed by atoms with Crippen LogP contribution in [0.2, 0.25) is 0 Å². The van der Waals surface area contributed by atoms with Crippen LogP contribution in [0.4, 0.5) is 14.9 Å². The molecule has 0 aromatic heterocycles. The zero-order valence-electron chi connectivity index (χ0n) is 17.0. The quantitative estimate of drug-likeness (QED) is 0.559. The Hall–Kier alpha value is -4.06. The van der Waals surface area contributed by atoms with E-state index >= 15 is 4.39 Å². The van der Waals surface area contributed by atoms with Crippen LogP contribution in [0.1, 0.15) is 23.1 Å². The van der Waals surface area contributed by atoms with E-state index in [0.29, 0.717) is 19.5 Å². The Bertz CT molecular complexity index is 1090. The highest BCUT2D eigenvalue weighted by Gasteiger charge is 2.22. The topological polar surface area (TPSA) is 127 Å². The predicted octanol–water partition coefficient (Wildman–Crippen LogP) is 2.91. The summed E-state index contributed by atoms with van der Waals surface area (Å²) in [6.07, 6.45) is 1.65. The SMILES string of the molecule is COc1cccc(C2=CCN(c3c(C#N)ccc(COC(=O)N=C(N)N)c3F)CC2)c1. The van der Waals surface area contributed by atoms with Gasteiger partial charge >= 0.3 is 6.09 Å². The lowest BCUT2D eigenvalue weighted by molar-refractivity contribution is 0.149. The molecule has 0 atom stereocenters. The number of ether oxygens (including phenoxy) is 2. The zero-order chi connectivity index (χ0) is 22.4. The minimum absolute atomic E-state index is 0.121. The normalized spacial score (nSPS) is 13.1. The number of anilines is 1. The van der Waals surface area contributed by atoms with Crippen molar-refractivity contribution < 1.29 is 18.7 Å². The van der Waals surface area contributed by atoms with Gasteiger partial charge in [0, 0.05) is 18.7 Å². The van der Waals surface area contributed by atoms with Gasteiger partial charge in [0.05, 0.1) is 18.4 Å². The van der Waals surface area contributed by atoms with Crippen molar-refractivity contribution in [3.05, 3.63) is 65.0 Å². The molecule has 0 radical (unpaired) electrons. The van der Waals surface area contributed by atoms with Gasteiger partial charge in [-0.05, 0) is 35.8 Å². The van der Waals surface area contributed by atoms with Crippen LogP contribution in [0.3, 0.4) is 0 Å². The Balaban J connectivity index is 1.82. The third kappa shape index (κ3) is 5.11. The van der Waals surface area contributed by atoms with Crippen molar-refractivity contribution in [2.24, 2.45) is 16.5 Å². The second-order valence-corrected chi connectivity index (χ2v) is 6.80. The molecular formula is C22H22FN5O3. The van der Waals surface area contributed by atoms with E-state index in [-0.39, 0.29) is 23.4 Å². The Kier molecular flexibility index (Phi) is 6.72. The van der Waals surface area contributed by atoms with E-state index in [1.54, 1.807) is 12.0 Å². The van der Waals surface area contributed by atoms with E-state index in [1.165, 1.54) is 12.1 Å². The van der Waals surface area contributed by atoms with E-state index in [1.807, 2.05) is 36.4 Å². The second-order valence-electron chi connectivity index (χ2n) is 6.80. The van der Waals surface area contributed by atoms with E-state index in [2.05, 4.69) is 4.99 Å². The van der Waals surface area contributed by atoms with Crippen molar-refractivity contribution >= 4 is 23.3 Å². The first-order valence-electron chi connectivity index (χ1n) is 9.49. The molecule has 0 saturated heterocycles. The summed E-state index contributed by atoms with van der Waals surface area (Å²) in [6, 6.07) is 12.7. The molecule has 1 aliphatic rings. The predicted molar refractivity (Wildman–Crippen MR) is 115 cm³/mol. The highest BCUT2D eigenvalue weighted by Crippen LogP contribution is 2.32. The summed E-state index contributed by atoms with van der Waals surface area (Å²) in [6.45, 7) is 0.583. The molecule has 1 amide bonds. The van der Waals surface area contributed by atoms with Gasteiger partial charge in [0.25, 0.3) is 0 Å². The van der Waals surface area contributed by atoms with Crippen LogP contribution in [0, 0.1) is 17.1 Å². The average molecular weight is 423 g/mol. The third-order valence-electron chi connectivity index (χ3n) is 4.85. The number of nitriles is 1. The third-order valence-corrected chi connectivity index (χ3v) is 4.85. The summed E-state index contributed by atoms with van der Waals surface area (Å²) in [5.41, 5.74) is 12.9. The minimum Gasteiger partial charge on any atom is -0.497 e. The summed E-state index contributed by atoms with van der Waals surface area (Å²) >= 11 is 0. The van der Waals surface area contributed by atoms with Crippen LogP contribution in [0.25, 0.3) is 5.57 Å². The van der Waals surface area contributed by atoms with Gasteiger partial charge in [-0.3, -0.25) is 0 Å². The monoisotopic (exact) mass is 423 g/mol. The van der Waals surface area contributed by atoms with Crippen LogP contribution < -0.4 is 21.1 Å². The fourth-order valence-corrected chi connectivity index (χ4v) is 3.35. The number of nitrogens with zero attached hydrogens (tertiary/aromatic N) is 3. The van der Waals surface area contributed by atoms with Crippen molar-refractivity contribution in [3.8, 4) is 11.8 Å². The van der Waals surface area contributed by atoms with Crippen molar-refractivity contribution in [2.45, 2.75) is 13.0 Å². The van der Waals surface area contributed by atoms with Gasteiger partial charge in [0.2, 0.25) is 0 Å². The first-order valence-corrected chi connectivity index (χ1v) is 9.49. The molecule has 0 bridgehead atoms. The van der Waals surface area contributed by atoms with Crippen LogP contribution in [0.5, 0.6) is 5.75 Å². The number of rotatable bonds is 5. The molecule has 2 aromatic carbocycles. The largest absolute Gasteiger partial charge is 0.497 e. The number of guanidine groups is 1. The van der Waals surface area contributed by atoms with Gasteiger partial charge in [-0.2, -0.15) is 5.26 Å². The summed E-state index contributed by atoms with van der Waals surface area (Å²) < 4.78 is 25.4. The summed E-state index contributed by atoms with van der Waals surface area (Å²) in [4.78, 5) is 16.5. The molecule has 0 unspecified atom stereocenters. The van der Waals surface area contributed by atoms with Crippen molar-refractivity contribution in [1.29, 1.82) is 5.26 Å². The van der Waals surface area contributed by atoms with Crippen LogP contribution >= 0.6 is 0 Å². The number of hydrogen-bond acceptors (Lipinski definition) is 5. The lowest BCUT2D eigenvalue weighted by atomic mass is 9.98. The molecule has 2 aromatic rings. The van der Waals surface area contributed by atoms with E-state index in [9.17, 15) is 10.1 Å². The standard InChI is InChI=1S/C22H22FN5O3/c1-30-18-4-2-3-15(11-18)14-7-9-28(10-8-14)20-16(12-24)5-6-17(19(20)23)13-31-22(29)27-21(25)26/h2-7,11H,8-10,13H2,1H3,(H4,25,26,27,29). The van der Waals surface area contributed by atoms with Gasteiger partial charge < -0.3 is 25.8 Å². The fourth-order valence-electron chi connectivity index (χ4n) is 3.35. The number of aliphatic imine (C=N–C) groups is 1. The van der Waals surface area contributed by atoms with Gasteiger partial charge in [0.15, 0.2) is 11.8 Å². The van der Waals surface area contributed by atoms with Gasteiger partial charge in [0.1, 0.15) is 18.4 Å². The Morgan fingerprint density at radius 1 is 1.32 bits per heavy atom. The number of hydrogen-bond donors (Lipinski definition) is 2. The smallest absolute Gasteiger partial charge is 0.437 e. The maximum Gasteiger partial charge on any atom is 0.437 e. The molecule has 3 rings (SSSR count). The summed E-state index contributed by atoms with van der Waals surface area (Å²) in [5, 5.41) is 9.47. The van der Waals surface area contributed by atoms with Crippen molar-refractivity contribution in [3.63, 3.8) is 0 Å². The van der Waals surface area contributed by atoms with E-state index in [0.717, 1.165) is 16.9 Å². The minimum atomic E-state index is -1.02. The Morgan fingerprint density at radius 3 is 2.77 bits per heavy atom. The molecule has 9 heteroatoms. The van der Waals surface area contributed by atoms with Crippen molar-refractivity contribution in [1.82, 2.24) is 0 Å². The van der Waals surface area contributed by atoms with Crippen LogP contribution in [-0.2, 0) is 11.3 Å². The molecule has 0 aliphatic carbocycles. The lowest BCUT2D eigenvalue weighted by Crippen LogP contribution is -2.30. The first kappa shape index (κ1) is 21.6. The molecule has 0 saturated carbocycles. The maximum absolute atomic E-state index is 15.2. The molecule has 31 heavy (non-hydrogen) atoms. The first-order chi connectivity index (χ1) is 14.9. The zero-order valence-corrected chi connectivity index (χ0v) is 17.0. The number of carbonyl (C=O) groups excluding carboxylic acids is 1. The molecule has 0 fully saturated rings. The second kappa shape index (κ2) is 9.63. The van der Waals surface area contributed by atoms with Gasteiger partial charge in [-0.1, -0.05) is 24.3 Å². The summed E-state index contributed by atoms with van der Waals surface area (Å²) in [5.74, 6) is -0.297. The number of methoxy groups -OCH3 is 1. The molecule has 1 heterocycles. The molecule has 8 nitrogen and oxygen atoms in total. The number of nitrogens with two attached hydrogens (primary N) is 2. The summed E-state index contributed by atoms with van der Waals surface area (Å²) in [7, 11) is 1.61. The highest BCUT2D eigenvalue weighted by molar-refractivity contribution is 5.87. The highest BCUT2D eigenvalue weighted by atomic mass is 19.1. The molecule has 1 aliphatic heterocycles. The van der Waals surface area contributed by atoms with E-state index in [4.69, 9.17) is 20.9 Å². The number of halogens is 1. The van der Waals surface area contributed by atoms with Gasteiger partial charge in [-0.15, -0.1) is 4.99 Å². The Labute approximate surface area is 179 Å². The van der Waals surface area contributed by atoms with Crippen LogP contribution in [-0.4, -0.2) is 32.3 Å². The molecular weight excluding hydrogens is 401 g/mol. The molecule has 160 valence electrons.